The van der Waals surface area contributed by atoms with Gasteiger partial charge in [-0.05, 0) is 32.2 Å². The second-order valence-corrected chi connectivity index (χ2v) is 5.06. The molecule has 1 unspecified atom stereocenters. The van der Waals surface area contributed by atoms with Crippen molar-refractivity contribution in [3.8, 4) is 0 Å². The van der Waals surface area contributed by atoms with Gasteiger partial charge >= 0.3 is 0 Å². The summed E-state index contributed by atoms with van der Waals surface area (Å²) < 4.78 is 4.97. The van der Waals surface area contributed by atoms with E-state index >= 15 is 0 Å². The Morgan fingerprint density at radius 1 is 1.35 bits per heavy atom. The van der Waals surface area contributed by atoms with Crippen molar-refractivity contribution in [1.82, 2.24) is 10.6 Å². The quantitative estimate of drug-likeness (QED) is 0.707. The maximum absolute atomic E-state index is 11.5. The number of rotatable bonds is 7. The van der Waals surface area contributed by atoms with Gasteiger partial charge in [-0.3, -0.25) is 4.79 Å². The van der Waals surface area contributed by atoms with E-state index in [-0.39, 0.29) is 11.9 Å². The Hall–Kier alpha value is -0.610. The number of carbonyl (C=O) groups is 1. The van der Waals surface area contributed by atoms with Crippen molar-refractivity contribution in [1.29, 1.82) is 0 Å². The number of carbonyl (C=O) groups excluding carboxylic acids is 1. The lowest BCUT2D eigenvalue weighted by molar-refractivity contribution is -0.121. The van der Waals surface area contributed by atoms with Crippen molar-refractivity contribution >= 4 is 5.91 Å². The van der Waals surface area contributed by atoms with Crippen LogP contribution >= 0.6 is 0 Å². The molecule has 100 valence electrons. The SMILES string of the molecule is COCC(C)NC(=O)CNCC1CCCCC1. The fraction of sp³-hybridized carbons (Fsp3) is 0.923. The van der Waals surface area contributed by atoms with Gasteiger partial charge in [-0.1, -0.05) is 19.3 Å². The van der Waals surface area contributed by atoms with Crippen LogP contribution in [0.5, 0.6) is 0 Å². The smallest absolute Gasteiger partial charge is 0.234 e. The number of nitrogens with one attached hydrogen (secondary N) is 2. The van der Waals surface area contributed by atoms with Crippen LogP contribution in [0.1, 0.15) is 39.0 Å². The average molecular weight is 242 g/mol. The summed E-state index contributed by atoms with van der Waals surface area (Å²) in [5.74, 6) is 0.832. The third kappa shape index (κ3) is 6.64. The topological polar surface area (TPSA) is 50.4 Å². The van der Waals surface area contributed by atoms with E-state index in [1.54, 1.807) is 7.11 Å². The Morgan fingerprint density at radius 2 is 2.06 bits per heavy atom. The summed E-state index contributed by atoms with van der Waals surface area (Å²) in [6.07, 6.45) is 6.71. The van der Waals surface area contributed by atoms with E-state index in [4.69, 9.17) is 4.74 Å². The maximum Gasteiger partial charge on any atom is 0.234 e. The van der Waals surface area contributed by atoms with Crippen LogP contribution in [0.25, 0.3) is 0 Å². The third-order valence-corrected chi connectivity index (χ3v) is 3.27. The Kier molecular flexibility index (Phi) is 7.21. The second kappa shape index (κ2) is 8.48. The molecule has 1 saturated carbocycles. The minimum absolute atomic E-state index is 0.0605. The fourth-order valence-electron chi connectivity index (χ4n) is 2.40. The van der Waals surface area contributed by atoms with Crippen molar-refractivity contribution in [2.45, 2.75) is 45.1 Å². The van der Waals surface area contributed by atoms with E-state index in [0.717, 1.165) is 12.5 Å². The second-order valence-electron chi connectivity index (χ2n) is 5.06. The number of methoxy groups -OCH3 is 1. The monoisotopic (exact) mass is 242 g/mol. The van der Waals surface area contributed by atoms with E-state index < -0.39 is 0 Å². The van der Waals surface area contributed by atoms with Gasteiger partial charge in [0.15, 0.2) is 0 Å². The summed E-state index contributed by atoms with van der Waals surface area (Å²) in [7, 11) is 1.64. The molecular formula is C13H26N2O2. The lowest BCUT2D eigenvalue weighted by Crippen LogP contribution is -2.42. The molecule has 0 spiro atoms. The van der Waals surface area contributed by atoms with E-state index in [2.05, 4.69) is 10.6 Å². The van der Waals surface area contributed by atoms with Crippen LogP contribution in [0, 0.1) is 5.92 Å². The van der Waals surface area contributed by atoms with Crippen LogP contribution in [-0.4, -0.2) is 38.8 Å². The largest absolute Gasteiger partial charge is 0.383 e. The molecule has 1 rings (SSSR count). The molecule has 0 bridgehead atoms. The summed E-state index contributed by atoms with van der Waals surface area (Å²) >= 11 is 0. The molecule has 0 aromatic heterocycles. The van der Waals surface area contributed by atoms with Crippen LogP contribution < -0.4 is 10.6 Å². The molecule has 1 fully saturated rings. The zero-order valence-corrected chi connectivity index (χ0v) is 11.1. The van der Waals surface area contributed by atoms with Gasteiger partial charge in [-0.2, -0.15) is 0 Å². The number of hydrogen-bond acceptors (Lipinski definition) is 3. The van der Waals surface area contributed by atoms with Gasteiger partial charge in [0, 0.05) is 13.2 Å². The minimum atomic E-state index is 0.0605. The summed E-state index contributed by atoms with van der Waals surface area (Å²) in [5.41, 5.74) is 0. The van der Waals surface area contributed by atoms with Gasteiger partial charge < -0.3 is 15.4 Å². The van der Waals surface area contributed by atoms with Gasteiger partial charge in [-0.15, -0.1) is 0 Å². The molecule has 0 saturated heterocycles. The van der Waals surface area contributed by atoms with Crippen LogP contribution in [0.4, 0.5) is 0 Å². The van der Waals surface area contributed by atoms with Crippen LogP contribution in [0.3, 0.4) is 0 Å². The highest BCUT2D eigenvalue weighted by Crippen LogP contribution is 2.22. The predicted octanol–water partition coefficient (Wildman–Crippen LogP) is 1.31. The predicted molar refractivity (Wildman–Crippen MR) is 68.9 cm³/mol. The zero-order chi connectivity index (χ0) is 12.5. The van der Waals surface area contributed by atoms with Crippen molar-refractivity contribution in [2.24, 2.45) is 5.92 Å². The molecule has 4 heteroatoms. The van der Waals surface area contributed by atoms with Gasteiger partial charge in [-0.25, -0.2) is 0 Å². The molecule has 1 aliphatic carbocycles. The molecule has 2 N–H and O–H groups in total. The van der Waals surface area contributed by atoms with Gasteiger partial charge in [0.05, 0.1) is 13.2 Å². The van der Waals surface area contributed by atoms with Crippen LogP contribution in [-0.2, 0) is 9.53 Å². The van der Waals surface area contributed by atoms with Crippen molar-refractivity contribution in [2.75, 3.05) is 26.8 Å². The Balaban J connectivity index is 2.03. The third-order valence-electron chi connectivity index (χ3n) is 3.27. The highest BCUT2D eigenvalue weighted by Gasteiger charge is 2.13. The van der Waals surface area contributed by atoms with E-state index in [9.17, 15) is 4.79 Å². The van der Waals surface area contributed by atoms with Crippen molar-refractivity contribution in [3.05, 3.63) is 0 Å². The fourth-order valence-corrected chi connectivity index (χ4v) is 2.40. The normalized spacial score (nSPS) is 18.9. The highest BCUT2D eigenvalue weighted by atomic mass is 16.5. The molecule has 0 aromatic rings. The lowest BCUT2D eigenvalue weighted by Gasteiger charge is -2.21. The number of amides is 1. The molecule has 1 amide bonds. The molecule has 0 heterocycles. The van der Waals surface area contributed by atoms with E-state index in [1.165, 1.54) is 32.1 Å². The van der Waals surface area contributed by atoms with Crippen LogP contribution in [0.2, 0.25) is 0 Å². The molecule has 0 aromatic carbocycles. The molecule has 17 heavy (non-hydrogen) atoms. The minimum Gasteiger partial charge on any atom is -0.383 e. The summed E-state index contributed by atoms with van der Waals surface area (Å²) in [6.45, 7) is 3.91. The van der Waals surface area contributed by atoms with Gasteiger partial charge in [0.25, 0.3) is 0 Å². The molecule has 1 atom stereocenters. The number of hydrogen-bond donors (Lipinski definition) is 2. The first-order valence-corrected chi connectivity index (χ1v) is 6.71. The van der Waals surface area contributed by atoms with E-state index in [1.807, 2.05) is 6.92 Å². The zero-order valence-electron chi connectivity index (χ0n) is 11.1. The molecular weight excluding hydrogens is 216 g/mol. The molecule has 0 aliphatic heterocycles. The standard InChI is InChI=1S/C13H26N2O2/c1-11(10-17-2)15-13(16)9-14-8-12-6-4-3-5-7-12/h11-12,14H,3-10H2,1-2H3,(H,15,16). The van der Waals surface area contributed by atoms with E-state index in [0.29, 0.717) is 13.2 Å². The molecule has 4 nitrogen and oxygen atoms in total. The first kappa shape index (κ1) is 14.5. The summed E-state index contributed by atoms with van der Waals surface area (Å²) in [4.78, 5) is 11.5. The Morgan fingerprint density at radius 3 is 2.71 bits per heavy atom. The summed E-state index contributed by atoms with van der Waals surface area (Å²) in [6, 6.07) is 0.0870. The Bertz CT molecular complexity index is 215. The van der Waals surface area contributed by atoms with Crippen molar-refractivity contribution in [3.63, 3.8) is 0 Å². The number of ether oxygens (including phenoxy) is 1. The van der Waals surface area contributed by atoms with Gasteiger partial charge in [0.2, 0.25) is 5.91 Å². The first-order chi connectivity index (χ1) is 8.22. The lowest BCUT2D eigenvalue weighted by atomic mass is 9.89. The van der Waals surface area contributed by atoms with Crippen molar-refractivity contribution < 1.29 is 9.53 Å². The first-order valence-electron chi connectivity index (χ1n) is 6.71. The molecule has 1 aliphatic rings. The maximum atomic E-state index is 11.5. The Labute approximate surface area is 104 Å². The average Bonchev–Trinajstić information content (AvgIpc) is 2.30. The van der Waals surface area contributed by atoms with Crippen LogP contribution in [0.15, 0.2) is 0 Å². The van der Waals surface area contributed by atoms with Gasteiger partial charge in [0.1, 0.15) is 0 Å². The highest BCUT2D eigenvalue weighted by molar-refractivity contribution is 5.78. The molecule has 0 radical (unpaired) electrons. The summed E-state index contributed by atoms with van der Waals surface area (Å²) in [5, 5.41) is 6.14.